The summed E-state index contributed by atoms with van der Waals surface area (Å²) in [5, 5.41) is 16.3. The zero-order chi connectivity index (χ0) is 14.9. The SMILES string of the molecule is CC(C)CC(Nc1nc2c(cnn2C)c(=O)[nH]1)C(=O)O. The topological polar surface area (TPSA) is 113 Å². The summed E-state index contributed by atoms with van der Waals surface area (Å²) in [5.74, 6) is -0.638. The van der Waals surface area contributed by atoms with Gasteiger partial charge in [0.1, 0.15) is 11.4 Å². The fourth-order valence-electron chi connectivity index (χ4n) is 1.96. The highest BCUT2D eigenvalue weighted by atomic mass is 16.4. The molecule has 2 rings (SSSR count). The van der Waals surface area contributed by atoms with E-state index in [1.807, 2.05) is 13.8 Å². The van der Waals surface area contributed by atoms with Crippen LogP contribution in [0.2, 0.25) is 0 Å². The fourth-order valence-corrected chi connectivity index (χ4v) is 1.96. The van der Waals surface area contributed by atoms with Crippen molar-refractivity contribution in [3.63, 3.8) is 0 Å². The summed E-state index contributed by atoms with van der Waals surface area (Å²) in [6.07, 6.45) is 1.86. The number of nitrogens with zero attached hydrogens (tertiary/aromatic N) is 3. The summed E-state index contributed by atoms with van der Waals surface area (Å²) in [6.45, 7) is 3.86. The van der Waals surface area contributed by atoms with Crippen LogP contribution in [0, 0.1) is 5.92 Å². The number of carboxylic acid groups (broad SMARTS) is 1. The number of carbonyl (C=O) groups is 1. The van der Waals surface area contributed by atoms with Crippen LogP contribution in [0.1, 0.15) is 20.3 Å². The highest BCUT2D eigenvalue weighted by Gasteiger charge is 2.20. The van der Waals surface area contributed by atoms with Gasteiger partial charge in [-0.3, -0.25) is 14.5 Å². The quantitative estimate of drug-likeness (QED) is 0.737. The predicted octanol–water partition coefficient (Wildman–Crippen LogP) is 0.568. The molecule has 1 unspecified atom stereocenters. The first kappa shape index (κ1) is 14.0. The molecular formula is C12H17N5O3. The number of aryl methyl sites for hydroxylation is 1. The molecule has 0 fully saturated rings. The van der Waals surface area contributed by atoms with E-state index in [0.29, 0.717) is 17.5 Å². The number of H-pyrrole nitrogens is 1. The number of aliphatic carboxylic acids is 1. The van der Waals surface area contributed by atoms with Crippen LogP contribution in [-0.2, 0) is 11.8 Å². The van der Waals surface area contributed by atoms with Crippen molar-refractivity contribution in [1.29, 1.82) is 0 Å². The van der Waals surface area contributed by atoms with Gasteiger partial charge in [0.2, 0.25) is 5.95 Å². The average molecular weight is 279 g/mol. The lowest BCUT2D eigenvalue weighted by atomic mass is 10.0. The number of fused-ring (bicyclic) bond motifs is 1. The van der Waals surface area contributed by atoms with E-state index in [0.717, 1.165) is 0 Å². The van der Waals surface area contributed by atoms with Gasteiger partial charge >= 0.3 is 5.97 Å². The minimum atomic E-state index is -0.980. The Morgan fingerprint density at radius 2 is 2.25 bits per heavy atom. The minimum absolute atomic E-state index is 0.138. The Labute approximate surface area is 114 Å². The molecule has 108 valence electrons. The molecule has 2 heterocycles. The molecule has 0 bridgehead atoms. The Bertz CT molecular complexity index is 688. The van der Waals surface area contributed by atoms with Gasteiger partial charge in [-0.2, -0.15) is 10.1 Å². The van der Waals surface area contributed by atoms with Gasteiger partial charge in [-0.25, -0.2) is 4.79 Å². The summed E-state index contributed by atoms with van der Waals surface area (Å²) >= 11 is 0. The van der Waals surface area contributed by atoms with Crippen LogP contribution in [-0.4, -0.2) is 36.9 Å². The van der Waals surface area contributed by atoms with Crippen LogP contribution >= 0.6 is 0 Å². The van der Waals surface area contributed by atoms with Crippen molar-refractivity contribution in [3.8, 4) is 0 Å². The van der Waals surface area contributed by atoms with E-state index < -0.39 is 12.0 Å². The molecule has 2 aromatic rings. The number of aromatic nitrogens is 4. The number of nitrogens with one attached hydrogen (secondary N) is 2. The second-order valence-electron chi connectivity index (χ2n) is 5.08. The zero-order valence-electron chi connectivity index (χ0n) is 11.5. The third kappa shape index (κ3) is 2.79. The van der Waals surface area contributed by atoms with Gasteiger partial charge in [-0.15, -0.1) is 0 Å². The van der Waals surface area contributed by atoms with Crippen LogP contribution in [0.5, 0.6) is 0 Å². The number of anilines is 1. The zero-order valence-corrected chi connectivity index (χ0v) is 11.5. The highest BCUT2D eigenvalue weighted by molar-refractivity contribution is 5.78. The van der Waals surface area contributed by atoms with Crippen molar-refractivity contribution in [1.82, 2.24) is 19.7 Å². The molecule has 8 heteroatoms. The Hall–Kier alpha value is -2.38. The average Bonchev–Trinajstić information content (AvgIpc) is 2.70. The lowest BCUT2D eigenvalue weighted by Gasteiger charge is -2.16. The van der Waals surface area contributed by atoms with E-state index in [4.69, 9.17) is 0 Å². The first-order valence-corrected chi connectivity index (χ1v) is 6.30. The van der Waals surface area contributed by atoms with Gasteiger partial charge in [0.05, 0.1) is 6.20 Å². The summed E-state index contributed by atoms with van der Waals surface area (Å²) in [6, 6.07) is -0.802. The number of hydrogen-bond acceptors (Lipinski definition) is 5. The molecule has 8 nitrogen and oxygen atoms in total. The van der Waals surface area contributed by atoms with Gasteiger partial charge in [-0.05, 0) is 12.3 Å². The van der Waals surface area contributed by atoms with Crippen molar-refractivity contribution in [3.05, 3.63) is 16.6 Å². The standard InChI is InChI=1S/C12H17N5O3/c1-6(2)4-8(11(19)20)14-12-15-9-7(10(18)16-12)5-13-17(9)3/h5-6,8H,4H2,1-3H3,(H,19,20)(H2,14,15,16,18). The number of carboxylic acids is 1. The van der Waals surface area contributed by atoms with E-state index in [9.17, 15) is 14.7 Å². The Morgan fingerprint density at radius 1 is 1.55 bits per heavy atom. The third-order valence-electron chi connectivity index (χ3n) is 2.92. The third-order valence-corrected chi connectivity index (χ3v) is 2.92. The van der Waals surface area contributed by atoms with Crippen molar-refractivity contribution >= 4 is 23.0 Å². The van der Waals surface area contributed by atoms with Crippen LogP contribution in [0.15, 0.2) is 11.0 Å². The molecule has 0 saturated carbocycles. The summed E-state index contributed by atoms with van der Waals surface area (Å²) in [5.41, 5.74) is 0.0595. The van der Waals surface area contributed by atoms with Crippen molar-refractivity contribution in [2.24, 2.45) is 13.0 Å². The Balaban J connectivity index is 2.35. The number of rotatable bonds is 5. The Kier molecular flexibility index (Phi) is 3.73. The molecule has 0 aliphatic carbocycles. The maximum Gasteiger partial charge on any atom is 0.326 e. The summed E-state index contributed by atoms with van der Waals surface area (Å²) < 4.78 is 1.47. The van der Waals surface area contributed by atoms with Crippen LogP contribution < -0.4 is 10.9 Å². The fraction of sp³-hybridized carbons (Fsp3) is 0.500. The molecule has 0 amide bonds. The molecule has 0 radical (unpaired) electrons. The first-order chi connectivity index (χ1) is 9.38. The van der Waals surface area contributed by atoms with E-state index in [-0.39, 0.29) is 17.4 Å². The Morgan fingerprint density at radius 3 is 2.85 bits per heavy atom. The van der Waals surface area contributed by atoms with Gasteiger partial charge < -0.3 is 10.4 Å². The maximum atomic E-state index is 11.9. The second-order valence-corrected chi connectivity index (χ2v) is 5.08. The molecule has 0 aromatic carbocycles. The molecule has 1 atom stereocenters. The lowest BCUT2D eigenvalue weighted by Crippen LogP contribution is -2.32. The van der Waals surface area contributed by atoms with E-state index in [1.165, 1.54) is 10.9 Å². The van der Waals surface area contributed by atoms with Crippen LogP contribution in [0.4, 0.5) is 5.95 Å². The van der Waals surface area contributed by atoms with E-state index in [2.05, 4.69) is 20.4 Å². The van der Waals surface area contributed by atoms with E-state index in [1.54, 1.807) is 7.05 Å². The molecule has 3 N–H and O–H groups in total. The molecule has 20 heavy (non-hydrogen) atoms. The van der Waals surface area contributed by atoms with Gasteiger partial charge in [0, 0.05) is 7.05 Å². The van der Waals surface area contributed by atoms with Gasteiger partial charge in [0.15, 0.2) is 5.65 Å². The molecule has 0 saturated heterocycles. The minimum Gasteiger partial charge on any atom is -0.480 e. The predicted molar refractivity (Wildman–Crippen MR) is 73.6 cm³/mol. The molecule has 0 aliphatic heterocycles. The van der Waals surface area contributed by atoms with Crippen LogP contribution in [0.25, 0.3) is 11.0 Å². The summed E-state index contributed by atoms with van der Waals surface area (Å²) in [4.78, 5) is 29.8. The molecular weight excluding hydrogens is 262 g/mol. The van der Waals surface area contributed by atoms with Gasteiger partial charge in [0.25, 0.3) is 5.56 Å². The maximum absolute atomic E-state index is 11.9. The number of aromatic amines is 1. The molecule has 2 aromatic heterocycles. The van der Waals surface area contributed by atoms with E-state index >= 15 is 0 Å². The number of hydrogen-bond donors (Lipinski definition) is 3. The normalized spacial score (nSPS) is 12.8. The van der Waals surface area contributed by atoms with Crippen LogP contribution in [0.3, 0.4) is 0 Å². The van der Waals surface area contributed by atoms with Crippen molar-refractivity contribution < 1.29 is 9.90 Å². The molecule has 0 aliphatic rings. The van der Waals surface area contributed by atoms with Crippen molar-refractivity contribution in [2.45, 2.75) is 26.3 Å². The first-order valence-electron chi connectivity index (χ1n) is 6.30. The summed E-state index contributed by atoms with van der Waals surface area (Å²) in [7, 11) is 1.67. The van der Waals surface area contributed by atoms with Gasteiger partial charge in [-0.1, -0.05) is 13.8 Å². The monoisotopic (exact) mass is 279 g/mol. The molecule has 0 spiro atoms. The lowest BCUT2D eigenvalue weighted by molar-refractivity contribution is -0.138. The van der Waals surface area contributed by atoms with Crippen molar-refractivity contribution in [2.75, 3.05) is 5.32 Å². The second kappa shape index (κ2) is 5.32. The highest BCUT2D eigenvalue weighted by Crippen LogP contribution is 2.11. The smallest absolute Gasteiger partial charge is 0.326 e. The largest absolute Gasteiger partial charge is 0.480 e.